The number of piperidine rings is 1. The molecule has 0 atom stereocenters. The molecule has 106 valence electrons. The van der Waals surface area contributed by atoms with E-state index >= 15 is 0 Å². The largest absolute Gasteiger partial charge is 0.342 e. The Morgan fingerprint density at radius 1 is 1.30 bits per heavy atom. The Labute approximate surface area is 126 Å². The molecule has 0 amide bonds. The molecule has 20 heavy (non-hydrogen) atoms. The number of rotatable bonds is 3. The van der Waals surface area contributed by atoms with Gasteiger partial charge in [0.1, 0.15) is 11.6 Å². The lowest BCUT2D eigenvalue weighted by molar-refractivity contribution is 0.368. The predicted octanol–water partition coefficient (Wildman–Crippen LogP) is 3.52. The van der Waals surface area contributed by atoms with Crippen LogP contribution in [0.4, 0.5) is 4.39 Å². The highest BCUT2D eigenvalue weighted by atomic mass is 79.9. The van der Waals surface area contributed by atoms with Crippen LogP contribution in [0.15, 0.2) is 28.9 Å². The van der Waals surface area contributed by atoms with Crippen molar-refractivity contribution < 1.29 is 4.39 Å². The standard InChI is InChI=1S/C15H17BrFN3/c16-12-8-11(1-2-13(12)17)14-9-19-15(20-14)7-10-3-5-18-6-4-10/h1-2,8-10,18H,3-7H2,(H,19,20). The summed E-state index contributed by atoms with van der Waals surface area (Å²) in [6.07, 6.45) is 5.23. The maximum atomic E-state index is 13.3. The van der Waals surface area contributed by atoms with Gasteiger partial charge in [-0.3, -0.25) is 0 Å². The molecule has 2 N–H and O–H groups in total. The lowest BCUT2D eigenvalue weighted by Gasteiger charge is -2.21. The number of halogens is 2. The molecule has 0 aliphatic carbocycles. The molecule has 1 aliphatic heterocycles. The number of aromatic nitrogens is 2. The molecule has 1 aromatic heterocycles. The van der Waals surface area contributed by atoms with Gasteiger partial charge in [-0.2, -0.15) is 0 Å². The van der Waals surface area contributed by atoms with Crippen LogP contribution in [0, 0.1) is 11.7 Å². The monoisotopic (exact) mass is 337 g/mol. The normalized spacial score (nSPS) is 16.5. The van der Waals surface area contributed by atoms with Crippen LogP contribution in [0.1, 0.15) is 18.7 Å². The van der Waals surface area contributed by atoms with Crippen molar-refractivity contribution in [2.75, 3.05) is 13.1 Å². The van der Waals surface area contributed by atoms with E-state index < -0.39 is 0 Å². The van der Waals surface area contributed by atoms with E-state index in [2.05, 4.69) is 31.2 Å². The summed E-state index contributed by atoms with van der Waals surface area (Å²) < 4.78 is 13.7. The van der Waals surface area contributed by atoms with Crippen LogP contribution in [0.5, 0.6) is 0 Å². The SMILES string of the molecule is Fc1ccc(-c2cnc(CC3CCNCC3)[nH]2)cc1Br. The molecule has 3 rings (SSSR count). The van der Waals surface area contributed by atoms with Crippen molar-refractivity contribution in [3.05, 3.63) is 40.5 Å². The van der Waals surface area contributed by atoms with Crippen LogP contribution >= 0.6 is 15.9 Å². The average molecular weight is 338 g/mol. The molecule has 2 aromatic rings. The first-order valence-electron chi connectivity index (χ1n) is 6.92. The molecule has 5 heteroatoms. The molecule has 1 saturated heterocycles. The summed E-state index contributed by atoms with van der Waals surface area (Å²) in [6, 6.07) is 5.01. The first-order valence-corrected chi connectivity index (χ1v) is 7.71. The van der Waals surface area contributed by atoms with E-state index in [0.717, 1.165) is 36.6 Å². The summed E-state index contributed by atoms with van der Waals surface area (Å²) in [6.45, 7) is 2.20. The van der Waals surface area contributed by atoms with Gasteiger partial charge in [0.2, 0.25) is 0 Å². The summed E-state index contributed by atoms with van der Waals surface area (Å²) in [4.78, 5) is 7.80. The molecule has 2 heterocycles. The van der Waals surface area contributed by atoms with Crippen molar-refractivity contribution in [1.29, 1.82) is 0 Å². The highest BCUT2D eigenvalue weighted by Crippen LogP contribution is 2.25. The number of hydrogen-bond acceptors (Lipinski definition) is 2. The molecule has 0 unspecified atom stereocenters. The predicted molar refractivity (Wildman–Crippen MR) is 81.0 cm³/mol. The minimum Gasteiger partial charge on any atom is -0.342 e. The third-order valence-electron chi connectivity index (χ3n) is 3.80. The summed E-state index contributed by atoms with van der Waals surface area (Å²) in [7, 11) is 0. The van der Waals surface area contributed by atoms with Crippen LogP contribution in [-0.4, -0.2) is 23.1 Å². The Kier molecular flexibility index (Phi) is 4.17. The van der Waals surface area contributed by atoms with Crippen molar-refractivity contribution in [3.63, 3.8) is 0 Å². The van der Waals surface area contributed by atoms with Crippen LogP contribution in [0.2, 0.25) is 0 Å². The third-order valence-corrected chi connectivity index (χ3v) is 4.41. The Morgan fingerprint density at radius 2 is 2.10 bits per heavy atom. The second kappa shape index (κ2) is 6.06. The smallest absolute Gasteiger partial charge is 0.137 e. The first kappa shape index (κ1) is 13.8. The molecule has 0 saturated carbocycles. The molecule has 3 nitrogen and oxygen atoms in total. The second-order valence-electron chi connectivity index (χ2n) is 5.27. The summed E-state index contributed by atoms with van der Waals surface area (Å²) in [5, 5.41) is 3.37. The maximum Gasteiger partial charge on any atom is 0.137 e. The van der Waals surface area contributed by atoms with Gasteiger partial charge in [-0.25, -0.2) is 9.37 Å². The van der Waals surface area contributed by atoms with E-state index in [0.29, 0.717) is 10.4 Å². The van der Waals surface area contributed by atoms with E-state index in [1.54, 1.807) is 12.1 Å². The quantitative estimate of drug-likeness (QED) is 0.899. The molecule has 1 aliphatic rings. The maximum absolute atomic E-state index is 13.3. The van der Waals surface area contributed by atoms with Crippen molar-refractivity contribution in [2.24, 2.45) is 5.92 Å². The van der Waals surface area contributed by atoms with E-state index in [1.165, 1.54) is 18.9 Å². The summed E-state index contributed by atoms with van der Waals surface area (Å²) in [5.41, 5.74) is 1.89. The summed E-state index contributed by atoms with van der Waals surface area (Å²) in [5.74, 6) is 1.48. The summed E-state index contributed by atoms with van der Waals surface area (Å²) >= 11 is 3.21. The molecular weight excluding hydrogens is 321 g/mol. The zero-order valence-electron chi connectivity index (χ0n) is 11.1. The fraction of sp³-hybridized carbons (Fsp3) is 0.400. The van der Waals surface area contributed by atoms with E-state index in [-0.39, 0.29) is 5.82 Å². The number of benzene rings is 1. The Morgan fingerprint density at radius 3 is 2.85 bits per heavy atom. The minimum atomic E-state index is -0.247. The Balaban J connectivity index is 1.73. The van der Waals surface area contributed by atoms with Gasteiger partial charge in [0, 0.05) is 12.0 Å². The van der Waals surface area contributed by atoms with Gasteiger partial charge >= 0.3 is 0 Å². The van der Waals surface area contributed by atoms with Crippen LogP contribution in [-0.2, 0) is 6.42 Å². The van der Waals surface area contributed by atoms with E-state index in [1.807, 2.05) is 6.20 Å². The molecule has 0 bridgehead atoms. The van der Waals surface area contributed by atoms with Gasteiger partial charge in [0.05, 0.1) is 16.4 Å². The number of H-pyrrole nitrogens is 1. The number of aromatic amines is 1. The van der Waals surface area contributed by atoms with Crippen molar-refractivity contribution in [3.8, 4) is 11.3 Å². The van der Waals surface area contributed by atoms with E-state index in [4.69, 9.17) is 0 Å². The zero-order valence-corrected chi connectivity index (χ0v) is 12.7. The lowest BCUT2D eigenvalue weighted by atomic mass is 9.94. The molecular formula is C15H17BrFN3. The minimum absolute atomic E-state index is 0.247. The Hall–Kier alpha value is -1.20. The zero-order chi connectivity index (χ0) is 13.9. The highest BCUT2D eigenvalue weighted by molar-refractivity contribution is 9.10. The lowest BCUT2D eigenvalue weighted by Crippen LogP contribution is -2.28. The fourth-order valence-electron chi connectivity index (χ4n) is 2.64. The topological polar surface area (TPSA) is 40.7 Å². The third kappa shape index (κ3) is 3.10. The van der Waals surface area contributed by atoms with Gasteiger partial charge < -0.3 is 10.3 Å². The van der Waals surface area contributed by atoms with Gasteiger partial charge in [0.15, 0.2) is 0 Å². The Bertz CT molecular complexity index is 591. The van der Waals surface area contributed by atoms with Gasteiger partial charge in [-0.05, 0) is 66.0 Å². The van der Waals surface area contributed by atoms with Gasteiger partial charge in [-0.1, -0.05) is 0 Å². The molecule has 0 radical (unpaired) electrons. The van der Waals surface area contributed by atoms with E-state index in [9.17, 15) is 4.39 Å². The second-order valence-corrected chi connectivity index (χ2v) is 6.12. The van der Waals surface area contributed by atoms with Crippen LogP contribution in [0.25, 0.3) is 11.3 Å². The number of nitrogens with one attached hydrogen (secondary N) is 2. The van der Waals surface area contributed by atoms with Crippen LogP contribution < -0.4 is 5.32 Å². The average Bonchev–Trinajstić information content (AvgIpc) is 2.91. The first-order chi connectivity index (χ1) is 9.72. The van der Waals surface area contributed by atoms with Crippen molar-refractivity contribution >= 4 is 15.9 Å². The van der Waals surface area contributed by atoms with Crippen LogP contribution in [0.3, 0.4) is 0 Å². The van der Waals surface area contributed by atoms with Crippen molar-refractivity contribution in [1.82, 2.24) is 15.3 Å². The van der Waals surface area contributed by atoms with Gasteiger partial charge in [-0.15, -0.1) is 0 Å². The molecule has 1 fully saturated rings. The number of imidazole rings is 1. The van der Waals surface area contributed by atoms with Crippen molar-refractivity contribution in [2.45, 2.75) is 19.3 Å². The molecule has 0 spiro atoms. The highest BCUT2D eigenvalue weighted by Gasteiger charge is 2.15. The molecule has 1 aromatic carbocycles. The number of nitrogens with zero attached hydrogens (tertiary/aromatic N) is 1. The number of hydrogen-bond donors (Lipinski definition) is 2. The fourth-order valence-corrected chi connectivity index (χ4v) is 3.01. The van der Waals surface area contributed by atoms with Gasteiger partial charge in [0.25, 0.3) is 0 Å².